The number of hydrogen-bond donors (Lipinski definition) is 1. The largest absolute Gasteiger partial charge is 0.378 e. The van der Waals surface area contributed by atoms with Crippen LogP contribution in [0.5, 0.6) is 0 Å². The van der Waals surface area contributed by atoms with Crippen LogP contribution in [0.25, 0.3) is 10.7 Å². The van der Waals surface area contributed by atoms with Crippen LogP contribution in [-0.2, 0) is 24.3 Å². The van der Waals surface area contributed by atoms with Crippen LogP contribution >= 0.6 is 11.3 Å². The minimum absolute atomic E-state index is 0.547. The first kappa shape index (κ1) is 15.1. The van der Waals surface area contributed by atoms with Crippen LogP contribution in [-0.4, -0.2) is 23.6 Å². The van der Waals surface area contributed by atoms with E-state index in [0.29, 0.717) is 6.61 Å². The SMILES string of the molecule is CCNCc1sc(-c2ncccc2CC)nc1COC. The lowest BCUT2D eigenvalue weighted by Gasteiger charge is -2.02. The lowest BCUT2D eigenvalue weighted by atomic mass is 10.1. The molecule has 2 rings (SSSR count). The zero-order chi connectivity index (χ0) is 14.4. The van der Waals surface area contributed by atoms with Gasteiger partial charge >= 0.3 is 0 Å². The van der Waals surface area contributed by atoms with E-state index in [1.807, 2.05) is 12.3 Å². The number of rotatable bonds is 7. The molecule has 4 nitrogen and oxygen atoms in total. The van der Waals surface area contributed by atoms with Crippen molar-refractivity contribution >= 4 is 11.3 Å². The fourth-order valence-electron chi connectivity index (χ4n) is 2.03. The molecule has 0 unspecified atom stereocenters. The molecule has 0 aliphatic heterocycles. The number of pyridine rings is 1. The molecule has 5 heteroatoms. The molecule has 0 radical (unpaired) electrons. The molecule has 0 aliphatic rings. The van der Waals surface area contributed by atoms with Crippen LogP contribution in [0.15, 0.2) is 18.3 Å². The van der Waals surface area contributed by atoms with Gasteiger partial charge in [-0.15, -0.1) is 11.3 Å². The molecule has 1 N–H and O–H groups in total. The topological polar surface area (TPSA) is 47.0 Å². The number of methoxy groups -OCH3 is 1. The molecule has 2 aromatic rings. The predicted molar refractivity (Wildman–Crippen MR) is 82.8 cm³/mol. The summed E-state index contributed by atoms with van der Waals surface area (Å²) < 4.78 is 5.25. The van der Waals surface area contributed by atoms with E-state index < -0.39 is 0 Å². The molecule has 0 aromatic carbocycles. The molecule has 0 aliphatic carbocycles. The molecule has 0 saturated heterocycles. The van der Waals surface area contributed by atoms with Gasteiger partial charge in [0.2, 0.25) is 0 Å². The summed E-state index contributed by atoms with van der Waals surface area (Å²) in [6.07, 6.45) is 2.79. The average Bonchev–Trinajstić information content (AvgIpc) is 2.88. The van der Waals surface area contributed by atoms with Crippen LogP contribution in [0.1, 0.15) is 30.0 Å². The normalized spacial score (nSPS) is 10.9. The maximum atomic E-state index is 5.25. The second-order valence-electron chi connectivity index (χ2n) is 4.47. The van der Waals surface area contributed by atoms with Crippen LogP contribution in [0.2, 0.25) is 0 Å². The third-order valence-electron chi connectivity index (χ3n) is 3.07. The van der Waals surface area contributed by atoms with E-state index in [1.54, 1.807) is 18.4 Å². The molecule has 0 amide bonds. The van der Waals surface area contributed by atoms with Gasteiger partial charge in [0.25, 0.3) is 0 Å². The summed E-state index contributed by atoms with van der Waals surface area (Å²) in [5.41, 5.74) is 3.25. The minimum Gasteiger partial charge on any atom is -0.378 e. The monoisotopic (exact) mass is 291 g/mol. The number of aryl methyl sites for hydroxylation is 1. The zero-order valence-electron chi connectivity index (χ0n) is 12.3. The molecule has 0 fully saturated rings. The molecule has 2 aromatic heterocycles. The summed E-state index contributed by atoms with van der Waals surface area (Å²) in [6, 6.07) is 4.09. The lowest BCUT2D eigenvalue weighted by molar-refractivity contribution is 0.181. The lowest BCUT2D eigenvalue weighted by Crippen LogP contribution is -2.12. The van der Waals surface area contributed by atoms with Crippen LogP contribution in [0.3, 0.4) is 0 Å². The first-order chi connectivity index (χ1) is 9.80. The molecule has 2 heterocycles. The number of thiazole rings is 1. The van der Waals surface area contributed by atoms with Gasteiger partial charge in [-0.2, -0.15) is 0 Å². The Hall–Kier alpha value is -1.30. The molecule has 0 saturated carbocycles. The second kappa shape index (κ2) is 7.47. The van der Waals surface area contributed by atoms with Crippen molar-refractivity contribution in [3.8, 4) is 10.7 Å². The van der Waals surface area contributed by atoms with Crippen molar-refractivity contribution in [1.29, 1.82) is 0 Å². The smallest absolute Gasteiger partial charge is 0.142 e. The maximum absolute atomic E-state index is 5.25. The van der Waals surface area contributed by atoms with Crippen LogP contribution < -0.4 is 5.32 Å². The van der Waals surface area contributed by atoms with E-state index in [4.69, 9.17) is 9.72 Å². The fourth-order valence-corrected chi connectivity index (χ4v) is 3.09. The van der Waals surface area contributed by atoms with Crippen LogP contribution in [0.4, 0.5) is 0 Å². The number of nitrogens with one attached hydrogen (secondary N) is 1. The van der Waals surface area contributed by atoms with Gasteiger partial charge in [-0.3, -0.25) is 4.98 Å². The third-order valence-corrected chi connectivity index (χ3v) is 4.17. The Bertz CT molecular complexity index is 554. The van der Waals surface area contributed by atoms with Crippen molar-refractivity contribution in [3.63, 3.8) is 0 Å². The van der Waals surface area contributed by atoms with E-state index in [9.17, 15) is 0 Å². The Morgan fingerprint density at radius 2 is 2.20 bits per heavy atom. The quantitative estimate of drug-likeness (QED) is 0.852. The minimum atomic E-state index is 0.547. The Labute approximate surface area is 124 Å². The zero-order valence-corrected chi connectivity index (χ0v) is 13.1. The highest BCUT2D eigenvalue weighted by Gasteiger charge is 2.15. The van der Waals surface area contributed by atoms with E-state index in [-0.39, 0.29) is 0 Å². The maximum Gasteiger partial charge on any atom is 0.142 e. The Kier molecular flexibility index (Phi) is 5.64. The third kappa shape index (κ3) is 3.42. The summed E-state index contributed by atoms with van der Waals surface area (Å²) in [6.45, 7) is 6.58. The summed E-state index contributed by atoms with van der Waals surface area (Å²) >= 11 is 1.71. The van der Waals surface area contributed by atoms with Gasteiger partial charge in [0.15, 0.2) is 0 Å². The van der Waals surface area contributed by atoms with Gasteiger partial charge in [-0.1, -0.05) is 19.9 Å². The predicted octanol–water partition coefficient (Wildman–Crippen LogP) is 3.02. The van der Waals surface area contributed by atoms with Gasteiger partial charge in [0.1, 0.15) is 10.7 Å². The molecule has 108 valence electrons. The highest BCUT2D eigenvalue weighted by molar-refractivity contribution is 7.15. The summed E-state index contributed by atoms with van der Waals surface area (Å²) in [4.78, 5) is 10.5. The number of nitrogens with zero attached hydrogens (tertiary/aromatic N) is 2. The highest BCUT2D eigenvalue weighted by Crippen LogP contribution is 2.29. The first-order valence-electron chi connectivity index (χ1n) is 6.92. The van der Waals surface area contributed by atoms with Crippen molar-refractivity contribution in [2.24, 2.45) is 0 Å². The van der Waals surface area contributed by atoms with Gasteiger partial charge < -0.3 is 10.1 Å². The Morgan fingerprint density at radius 3 is 2.90 bits per heavy atom. The molecular formula is C15H21N3OS. The standard InChI is InChI=1S/C15H21N3OS/c1-4-11-7-6-8-17-14(11)15-18-12(10-19-3)13(20-15)9-16-5-2/h6-8,16H,4-5,9-10H2,1-3H3. The van der Waals surface area contributed by atoms with E-state index in [0.717, 1.165) is 35.9 Å². The molecule has 0 spiro atoms. The van der Waals surface area contributed by atoms with Crippen molar-refractivity contribution in [1.82, 2.24) is 15.3 Å². The first-order valence-corrected chi connectivity index (χ1v) is 7.74. The number of aromatic nitrogens is 2. The van der Waals surface area contributed by atoms with E-state index in [1.165, 1.54) is 10.4 Å². The Morgan fingerprint density at radius 1 is 1.35 bits per heavy atom. The molecule has 0 bridgehead atoms. The number of hydrogen-bond acceptors (Lipinski definition) is 5. The van der Waals surface area contributed by atoms with Crippen molar-refractivity contribution in [2.75, 3.05) is 13.7 Å². The fraction of sp³-hybridized carbons (Fsp3) is 0.467. The molecular weight excluding hydrogens is 270 g/mol. The summed E-state index contributed by atoms with van der Waals surface area (Å²) in [5.74, 6) is 0. The average molecular weight is 291 g/mol. The number of ether oxygens (including phenoxy) is 1. The highest BCUT2D eigenvalue weighted by atomic mass is 32.1. The Balaban J connectivity index is 2.36. The van der Waals surface area contributed by atoms with Gasteiger partial charge in [-0.25, -0.2) is 4.98 Å². The molecule has 20 heavy (non-hydrogen) atoms. The van der Waals surface area contributed by atoms with Crippen LogP contribution in [0, 0.1) is 0 Å². The summed E-state index contributed by atoms with van der Waals surface area (Å²) in [5, 5.41) is 4.34. The van der Waals surface area contributed by atoms with Gasteiger partial charge in [-0.05, 0) is 24.6 Å². The second-order valence-corrected chi connectivity index (χ2v) is 5.55. The van der Waals surface area contributed by atoms with Crippen molar-refractivity contribution in [2.45, 2.75) is 33.4 Å². The van der Waals surface area contributed by atoms with E-state index >= 15 is 0 Å². The van der Waals surface area contributed by atoms with Crippen molar-refractivity contribution < 1.29 is 4.74 Å². The summed E-state index contributed by atoms with van der Waals surface area (Å²) in [7, 11) is 1.70. The van der Waals surface area contributed by atoms with Gasteiger partial charge in [0.05, 0.1) is 12.3 Å². The van der Waals surface area contributed by atoms with E-state index in [2.05, 4.69) is 30.2 Å². The van der Waals surface area contributed by atoms with Crippen molar-refractivity contribution in [3.05, 3.63) is 34.5 Å². The molecule has 0 atom stereocenters. The van der Waals surface area contributed by atoms with Gasteiger partial charge in [0, 0.05) is 24.7 Å².